The summed E-state index contributed by atoms with van der Waals surface area (Å²) in [7, 11) is 0. The van der Waals surface area contributed by atoms with Crippen LogP contribution >= 0.6 is 11.6 Å². The fourth-order valence-corrected chi connectivity index (χ4v) is 3.28. The molecule has 4 heteroatoms. The molecule has 1 aromatic carbocycles. The molecule has 1 saturated carbocycles. The topological polar surface area (TPSA) is 59.1 Å². The zero-order chi connectivity index (χ0) is 14.0. The van der Waals surface area contributed by atoms with Gasteiger partial charge < -0.3 is 10.5 Å². The van der Waals surface area contributed by atoms with Gasteiger partial charge in [0.05, 0.1) is 16.7 Å². The van der Waals surface area contributed by atoms with E-state index in [2.05, 4.69) is 13.8 Å². The van der Waals surface area contributed by atoms with E-state index in [0.717, 1.165) is 12.8 Å². The van der Waals surface area contributed by atoms with Crippen LogP contribution in [0.4, 0.5) is 0 Å². The molecule has 2 atom stereocenters. The molecule has 104 valence electrons. The lowest BCUT2D eigenvalue weighted by atomic mass is 9.82. The third-order valence-corrected chi connectivity index (χ3v) is 3.99. The van der Waals surface area contributed by atoms with Crippen molar-refractivity contribution >= 4 is 17.4 Å². The fourth-order valence-electron chi connectivity index (χ4n) is 3.01. The van der Waals surface area contributed by atoms with E-state index in [0.29, 0.717) is 28.2 Å². The Balaban J connectivity index is 2.19. The monoisotopic (exact) mass is 280 g/mol. The molecule has 1 aromatic rings. The normalized spacial score (nSPS) is 27.0. The van der Waals surface area contributed by atoms with E-state index < -0.39 is 0 Å². The molecule has 0 radical (unpaired) electrons. The molecule has 0 aliphatic heterocycles. The predicted octanol–water partition coefficient (Wildman–Crippen LogP) is 3.83. The lowest BCUT2D eigenvalue weighted by Gasteiger charge is -2.32. The number of rotatable bonds is 3. The van der Waals surface area contributed by atoms with Crippen molar-refractivity contribution in [1.29, 1.82) is 5.41 Å². The van der Waals surface area contributed by atoms with Crippen molar-refractivity contribution in [2.75, 3.05) is 0 Å². The zero-order valence-corrected chi connectivity index (χ0v) is 12.2. The van der Waals surface area contributed by atoms with Crippen LogP contribution in [0.15, 0.2) is 18.2 Å². The third kappa shape index (κ3) is 3.41. The van der Waals surface area contributed by atoms with E-state index in [1.807, 2.05) is 12.1 Å². The lowest BCUT2D eigenvalue weighted by Crippen LogP contribution is -2.29. The van der Waals surface area contributed by atoms with Crippen LogP contribution in [-0.4, -0.2) is 11.9 Å². The number of nitrogens with one attached hydrogen (secondary N) is 1. The molecule has 0 spiro atoms. The molecule has 3 N–H and O–H groups in total. The van der Waals surface area contributed by atoms with Crippen LogP contribution in [0.2, 0.25) is 5.02 Å². The van der Waals surface area contributed by atoms with Crippen molar-refractivity contribution in [2.45, 2.75) is 39.2 Å². The largest absolute Gasteiger partial charge is 0.490 e. The summed E-state index contributed by atoms with van der Waals surface area (Å²) in [6.07, 6.45) is 3.55. The average Bonchev–Trinajstić information content (AvgIpc) is 2.26. The first-order valence-electron chi connectivity index (χ1n) is 6.77. The Morgan fingerprint density at radius 1 is 1.26 bits per heavy atom. The molecule has 1 fully saturated rings. The van der Waals surface area contributed by atoms with E-state index in [-0.39, 0.29) is 11.9 Å². The number of hydrogen-bond donors (Lipinski definition) is 2. The molecule has 0 aromatic heterocycles. The Morgan fingerprint density at radius 3 is 2.47 bits per heavy atom. The fraction of sp³-hybridized carbons (Fsp3) is 0.533. The van der Waals surface area contributed by atoms with Gasteiger partial charge in [0.25, 0.3) is 0 Å². The van der Waals surface area contributed by atoms with Crippen molar-refractivity contribution in [2.24, 2.45) is 17.6 Å². The molecule has 0 amide bonds. The number of amidine groups is 1. The van der Waals surface area contributed by atoms with E-state index in [4.69, 9.17) is 27.5 Å². The number of hydrogen-bond acceptors (Lipinski definition) is 2. The summed E-state index contributed by atoms with van der Waals surface area (Å²) >= 11 is 6.10. The molecular formula is C15H21ClN2O. The van der Waals surface area contributed by atoms with Gasteiger partial charge in [-0.2, -0.15) is 0 Å². The molecular weight excluding hydrogens is 260 g/mol. The maximum Gasteiger partial charge on any atom is 0.132 e. The summed E-state index contributed by atoms with van der Waals surface area (Å²) in [5, 5.41) is 8.10. The van der Waals surface area contributed by atoms with Gasteiger partial charge in [-0.25, -0.2) is 0 Å². The van der Waals surface area contributed by atoms with E-state index in [1.165, 1.54) is 6.42 Å². The Morgan fingerprint density at radius 2 is 1.89 bits per heavy atom. The van der Waals surface area contributed by atoms with Gasteiger partial charge in [0.2, 0.25) is 0 Å². The van der Waals surface area contributed by atoms with Crippen molar-refractivity contribution in [3.8, 4) is 5.75 Å². The second-order valence-electron chi connectivity index (χ2n) is 5.68. The summed E-state index contributed by atoms with van der Waals surface area (Å²) < 4.78 is 6.06. The van der Waals surface area contributed by atoms with Crippen LogP contribution in [0.5, 0.6) is 5.75 Å². The minimum atomic E-state index is -0.0440. The molecule has 1 aliphatic rings. The maximum absolute atomic E-state index is 7.63. The van der Waals surface area contributed by atoms with Gasteiger partial charge in [0.1, 0.15) is 11.6 Å². The maximum atomic E-state index is 7.63. The number of nitrogens with two attached hydrogens (primary N) is 1. The first-order valence-corrected chi connectivity index (χ1v) is 7.14. The highest BCUT2D eigenvalue weighted by atomic mass is 35.5. The Bertz CT molecular complexity index is 465. The minimum Gasteiger partial charge on any atom is -0.490 e. The summed E-state index contributed by atoms with van der Waals surface area (Å²) in [4.78, 5) is 0. The molecule has 0 heterocycles. The van der Waals surface area contributed by atoms with Gasteiger partial charge in [-0.05, 0) is 43.2 Å². The first-order chi connectivity index (χ1) is 8.97. The highest BCUT2D eigenvalue weighted by Gasteiger charge is 2.26. The van der Waals surface area contributed by atoms with Gasteiger partial charge in [-0.15, -0.1) is 0 Å². The van der Waals surface area contributed by atoms with Crippen LogP contribution in [0.25, 0.3) is 0 Å². The van der Waals surface area contributed by atoms with E-state index >= 15 is 0 Å². The highest BCUT2D eigenvalue weighted by Crippen LogP contribution is 2.33. The highest BCUT2D eigenvalue weighted by molar-refractivity contribution is 6.34. The summed E-state index contributed by atoms with van der Waals surface area (Å²) in [6, 6.07) is 5.41. The van der Waals surface area contributed by atoms with E-state index in [9.17, 15) is 0 Å². The predicted molar refractivity (Wildman–Crippen MR) is 79.1 cm³/mol. The number of halogens is 1. The Kier molecular flexibility index (Phi) is 4.35. The van der Waals surface area contributed by atoms with Gasteiger partial charge in [0, 0.05) is 0 Å². The van der Waals surface area contributed by atoms with Crippen LogP contribution < -0.4 is 10.5 Å². The molecule has 2 rings (SSSR count). The Labute approximate surface area is 119 Å². The number of nitrogen functional groups attached to an aromatic ring is 1. The first kappa shape index (κ1) is 14.2. The third-order valence-electron chi connectivity index (χ3n) is 3.67. The lowest BCUT2D eigenvalue weighted by molar-refractivity contribution is 0.101. The van der Waals surface area contributed by atoms with Crippen LogP contribution in [0, 0.1) is 17.2 Å². The van der Waals surface area contributed by atoms with Crippen molar-refractivity contribution in [1.82, 2.24) is 0 Å². The quantitative estimate of drug-likeness (QED) is 0.653. The van der Waals surface area contributed by atoms with Crippen molar-refractivity contribution in [3.05, 3.63) is 28.8 Å². The van der Waals surface area contributed by atoms with Gasteiger partial charge in [0.15, 0.2) is 0 Å². The standard InChI is InChI=1S/C15H21ClN2O/c1-9-6-10(2)8-11(7-9)19-13-5-3-4-12(16)14(13)15(17)18/h3-5,9-11H,6-8H2,1-2H3,(H3,17,18). The SMILES string of the molecule is CC1CC(C)CC(Oc2cccc(Cl)c2C(=N)N)C1. The number of ether oxygens (including phenoxy) is 1. The average molecular weight is 281 g/mol. The number of benzene rings is 1. The van der Waals surface area contributed by atoms with Gasteiger partial charge >= 0.3 is 0 Å². The molecule has 1 aliphatic carbocycles. The summed E-state index contributed by atoms with van der Waals surface area (Å²) in [5.74, 6) is 1.94. The van der Waals surface area contributed by atoms with Crippen molar-refractivity contribution < 1.29 is 4.74 Å². The minimum absolute atomic E-state index is 0.0440. The Hall–Kier alpha value is -1.22. The molecule has 0 saturated heterocycles. The van der Waals surface area contributed by atoms with Crippen LogP contribution in [-0.2, 0) is 0 Å². The van der Waals surface area contributed by atoms with Gasteiger partial charge in [-0.1, -0.05) is 31.5 Å². The van der Waals surface area contributed by atoms with Gasteiger partial charge in [-0.3, -0.25) is 5.41 Å². The molecule has 3 nitrogen and oxygen atoms in total. The second-order valence-corrected chi connectivity index (χ2v) is 6.09. The second kappa shape index (κ2) is 5.83. The van der Waals surface area contributed by atoms with E-state index in [1.54, 1.807) is 6.07 Å². The molecule has 2 unspecified atom stereocenters. The van der Waals surface area contributed by atoms with Crippen molar-refractivity contribution in [3.63, 3.8) is 0 Å². The summed E-state index contributed by atoms with van der Waals surface area (Å²) in [5.41, 5.74) is 6.10. The smallest absolute Gasteiger partial charge is 0.132 e. The molecule has 19 heavy (non-hydrogen) atoms. The van der Waals surface area contributed by atoms with Crippen LogP contribution in [0.1, 0.15) is 38.7 Å². The van der Waals surface area contributed by atoms with Crippen LogP contribution in [0.3, 0.4) is 0 Å². The summed E-state index contributed by atoms with van der Waals surface area (Å²) in [6.45, 7) is 4.52. The zero-order valence-electron chi connectivity index (χ0n) is 11.4. The molecule has 0 bridgehead atoms.